The van der Waals surface area contributed by atoms with E-state index in [0.29, 0.717) is 11.7 Å². The van der Waals surface area contributed by atoms with Crippen LogP contribution in [0.4, 0.5) is 8.78 Å². The zero-order chi connectivity index (χ0) is 27.5. The van der Waals surface area contributed by atoms with Gasteiger partial charge in [0.2, 0.25) is 5.92 Å². The SMILES string of the molecule is CC(C)CCCn1c(C2=CC=CCC2)cc2ccc(OCCCC(F)(F)CCCOC(=O)C(N)CN)cc21. The summed E-state index contributed by atoms with van der Waals surface area (Å²) in [6.45, 7) is 5.49. The van der Waals surface area contributed by atoms with Crippen LogP contribution in [0.2, 0.25) is 0 Å². The van der Waals surface area contributed by atoms with Gasteiger partial charge in [0.05, 0.1) is 18.7 Å². The fraction of sp³-hybridized carbons (Fsp3) is 0.567. The lowest BCUT2D eigenvalue weighted by molar-refractivity contribution is -0.145. The van der Waals surface area contributed by atoms with E-state index in [0.717, 1.165) is 43.1 Å². The topological polar surface area (TPSA) is 92.5 Å². The molecule has 6 nitrogen and oxygen atoms in total. The van der Waals surface area contributed by atoms with E-state index < -0.39 is 17.9 Å². The van der Waals surface area contributed by atoms with E-state index >= 15 is 0 Å². The van der Waals surface area contributed by atoms with Gasteiger partial charge in [0.1, 0.15) is 11.8 Å². The number of nitrogens with zero attached hydrogens (tertiary/aromatic N) is 1. The van der Waals surface area contributed by atoms with Crippen LogP contribution in [0.1, 0.15) is 70.9 Å². The fourth-order valence-electron chi connectivity index (χ4n) is 4.66. The Labute approximate surface area is 225 Å². The zero-order valence-corrected chi connectivity index (χ0v) is 22.8. The molecular weight excluding hydrogens is 488 g/mol. The summed E-state index contributed by atoms with van der Waals surface area (Å²) < 4.78 is 41.7. The number of carbonyl (C=O) groups excluding carboxylic acids is 1. The molecule has 1 atom stereocenters. The third-order valence-corrected chi connectivity index (χ3v) is 6.83. The van der Waals surface area contributed by atoms with Gasteiger partial charge in [-0.15, -0.1) is 0 Å². The number of hydrogen-bond acceptors (Lipinski definition) is 5. The number of rotatable bonds is 16. The molecule has 1 unspecified atom stereocenters. The van der Waals surface area contributed by atoms with E-state index in [9.17, 15) is 13.6 Å². The molecule has 0 amide bonds. The lowest BCUT2D eigenvalue weighted by Gasteiger charge is -2.17. The van der Waals surface area contributed by atoms with Crippen LogP contribution < -0.4 is 16.2 Å². The second-order valence-corrected chi connectivity index (χ2v) is 10.5. The van der Waals surface area contributed by atoms with Crippen LogP contribution in [0.15, 0.2) is 42.5 Å². The number of alkyl halides is 2. The van der Waals surface area contributed by atoms with Crippen molar-refractivity contribution < 1.29 is 23.0 Å². The van der Waals surface area contributed by atoms with E-state index in [1.807, 2.05) is 12.1 Å². The minimum atomic E-state index is -2.85. The fourth-order valence-corrected chi connectivity index (χ4v) is 4.66. The van der Waals surface area contributed by atoms with Crippen LogP contribution in [0, 0.1) is 5.92 Å². The van der Waals surface area contributed by atoms with E-state index in [4.69, 9.17) is 20.9 Å². The van der Waals surface area contributed by atoms with Crippen LogP contribution in [0.25, 0.3) is 16.5 Å². The van der Waals surface area contributed by atoms with E-state index in [1.54, 1.807) is 0 Å². The number of fused-ring (bicyclic) bond motifs is 1. The maximum Gasteiger partial charge on any atom is 0.324 e. The van der Waals surface area contributed by atoms with E-state index in [2.05, 4.69) is 48.8 Å². The van der Waals surface area contributed by atoms with Crippen LogP contribution in [0.3, 0.4) is 0 Å². The number of nitrogens with two attached hydrogens (primary N) is 2. The summed E-state index contributed by atoms with van der Waals surface area (Å²) in [5, 5.41) is 1.16. The van der Waals surface area contributed by atoms with Crippen LogP contribution >= 0.6 is 0 Å². The number of allylic oxidation sites excluding steroid dienone is 4. The highest BCUT2D eigenvalue weighted by molar-refractivity contribution is 5.87. The van der Waals surface area contributed by atoms with E-state index in [-0.39, 0.29) is 45.4 Å². The Morgan fingerprint density at radius 1 is 1.13 bits per heavy atom. The Kier molecular flexibility index (Phi) is 11.3. The standard InChI is InChI=1S/C30H43F2N3O3/c1-22(2)9-6-16-35-27(23-10-4-3-5-11-23)19-24-12-13-25(20-28(24)35)37-17-7-14-30(31,32)15-8-18-38-29(36)26(34)21-33/h3-4,10,12-13,19-20,22,26H,5-9,11,14-18,21,33-34H2,1-2H3. The van der Waals surface area contributed by atoms with Crippen molar-refractivity contribution in [3.8, 4) is 5.75 Å². The molecule has 0 radical (unpaired) electrons. The number of hydrogen-bond donors (Lipinski definition) is 2. The minimum absolute atomic E-state index is 0.0390. The second-order valence-electron chi connectivity index (χ2n) is 10.5. The first-order valence-corrected chi connectivity index (χ1v) is 13.8. The van der Waals surface area contributed by atoms with Crippen molar-refractivity contribution in [2.45, 2.75) is 83.7 Å². The lowest BCUT2D eigenvalue weighted by atomic mass is 10.0. The molecule has 1 aromatic heterocycles. The summed E-state index contributed by atoms with van der Waals surface area (Å²) in [7, 11) is 0. The van der Waals surface area contributed by atoms with Gasteiger partial charge in [0.25, 0.3) is 0 Å². The molecule has 1 aliphatic rings. The third kappa shape index (κ3) is 8.95. The molecule has 0 bridgehead atoms. The van der Waals surface area contributed by atoms with Crippen molar-refractivity contribution in [2.24, 2.45) is 17.4 Å². The van der Waals surface area contributed by atoms with Crippen LogP contribution in [0.5, 0.6) is 5.75 Å². The summed E-state index contributed by atoms with van der Waals surface area (Å²) in [6.07, 6.45) is 10.5. The number of aromatic nitrogens is 1. The van der Waals surface area contributed by atoms with Gasteiger partial charge >= 0.3 is 5.97 Å². The monoisotopic (exact) mass is 531 g/mol. The molecule has 1 aliphatic carbocycles. The molecule has 4 N–H and O–H groups in total. The van der Waals surface area contributed by atoms with Crippen molar-refractivity contribution in [3.63, 3.8) is 0 Å². The Morgan fingerprint density at radius 3 is 2.58 bits per heavy atom. The van der Waals surface area contributed by atoms with Gasteiger partial charge in [-0.3, -0.25) is 4.79 Å². The quantitative estimate of drug-likeness (QED) is 0.198. The average Bonchev–Trinajstić information content (AvgIpc) is 3.26. The molecular formula is C30H43F2N3O3. The van der Waals surface area contributed by atoms with Crippen molar-refractivity contribution in [3.05, 3.63) is 48.2 Å². The Balaban J connectivity index is 1.55. The van der Waals surface area contributed by atoms with Crippen molar-refractivity contribution >= 4 is 22.4 Å². The Hall–Kier alpha value is -2.71. The minimum Gasteiger partial charge on any atom is -0.494 e. The number of halogens is 2. The number of carbonyl (C=O) groups is 1. The molecule has 210 valence electrons. The molecule has 0 spiro atoms. The first-order chi connectivity index (χ1) is 18.2. The number of ether oxygens (including phenoxy) is 2. The number of benzene rings is 1. The molecule has 2 aromatic rings. The highest BCUT2D eigenvalue weighted by Crippen LogP contribution is 2.32. The molecule has 0 aliphatic heterocycles. The smallest absolute Gasteiger partial charge is 0.324 e. The molecule has 38 heavy (non-hydrogen) atoms. The van der Waals surface area contributed by atoms with Crippen molar-refractivity contribution in [2.75, 3.05) is 19.8 Å². The Bertz CT molecular complexity index is 1110. The number of aryl methyl sites for hydroxylation is 1. The predicted octanol–water partition coefficient (Wildman–Crippen LogP) is 6.21. The van der Waals surface area contributed by atoms with Gasteiger partial charge in [-0.25, -0.2) is 8.78 Å². The van der Waals surface area contributed by atoms with Gasteiger partial charge in [0, 0.05) is 43.1 Å². The summed E-state index contributed by atoms with van der Waals surface area (Å²) in [6, 6.07) is 7.34. The molecule has 0 fully saturated rings. The summed E-state index contributed by atoms with van der Waals surface area (Å²) in [5.74, 6) is -2.17. The first kappa shape index (κ1) is 29.8. The molecule has 0 saturated carbocycles. The average molecular weight is 532 g/mol. The summed E-state index contributed by atoms with van der Waals surface area (Å²) >= 11 is 0. The van der Waals surface area contributed by atoms with Crippen LogP contribution in [-0.4, -0.2) is 42.3 Å². The van der Waals surface area contributed by atoms with Gasteiger partial charge in [-0.1, -0.05) is 32.1 Å². The van der Waals surface area contributed by atoms with Gasteiger partial charge in [-0.05, 0) is 68.2 Å². The third-order valence-electron chi connectivity index (χ3n) is 6.83. The zero-order valence-electron chi connectivity index (χ0n) is 22.8. The van der Waals surface area contributed by atoms with Gasteiger partial charge in [-0.2, -0.15) is 0 Å². The highest BCUT2D eigenvalue weighted by Gasteiger charge is 2.28. The lowest BCUT2D eigenvalue weighted by Crippen LogP contribution is -2.39. The summed E-state index contributed by atoms with van der Waals surface area (Å²) in [5.41, 5.74) is 14.5. The maximum atomic E-state index is 14.3. The highest BCUT2D eigenvalue weighted by atomic mass is 19.3. The second kappa shape index (κ2) is 14.4. The molecule has 8 heteroatoms. The first-order valence-electron chi connectivity index (χ1n) is 13.8. The van der Waals surface area contributed by atoms with Crippen molar-refractivity contribution in [1.29, 1.82) is 0 Å². The maximum absolute atomic E-state index is 14.3. The summed E-state index contributed by atoms with van der Waals surface area (Å²) in [4.78, 5) is 11.5. The Morgan fingerprint density at radius 2 is 1.89 bits per heavy atom. The van der Waals surface area contributed by atoms with E-state index in [1.165, 1.54) is 11.3 Å². The molecule has 1 aromatic carbocycles. The molecule has 3 rings (SSSR count). The van der Waals surface area contributed by atoms with Crippen molar-refractivity contribution in [1.82, 2.24) is 4.57 Å². The van der Waals surface area contributed by atoms with Crippen LogP contribution in [-0.2, 0) is 16.1 Å². The largest absolute Gasteiger partial charge is 0.494 e. The molecule has 1 heterocycles. The van der Waals surface area contributed by atoms with Gasteiger partial charge in [0.15, 0.2) is 0 Å². The van der Waals surface area contributed by atoms with Gasteiger partial charge < -0.3 is 25.5 Å². The number of esters is 1. The predicted molar refractivity (Wildman–Crippen MR) is 149 cm³/mol. The normalized spacial score (nSPS) is 14.7. The molecule has 0 saturated heterocycles.